The largest absolute Gasteiger partial charge is 0.462 e. The second-order valence-corrected chi connectivity index (χ2v) is 19.1. The molecule has 0 amide bonds. The number of carbonyl (C=O) groups is 3. The third-order valence-electron chi connectivity index (χ3n) is 12.1. The van der Waals surface area contributed by atoms with Crippen molar-refractivity contribution in [3.63, 3.8) is 0 Å². The number of unbranched alkanes of at least 4 members (excludes halogenated alkanes) is 17. The van der Waals surface area contributed by atoms with E-state index in [4.69, 9.17) is 14.2 Å². The number of carbonyl (C=O) groups excluding carboxylic acids is 3. The highest BCUT2D eigenvalue weighted by molar-refractivity contribution is 5.71. The van der Waals surface area contributed by atoms with Crippen LogP contribution in [-0.2, 0) is 28.6 Å². The molecule has 0 aromatic rings. The van der Waals surface area contributed by atoms with Crippen molar-refractivity contribution in [2.45, 2.75) is 252 Å². The molecule has 0 aromatic heterocycles. The Labute approximate surface area is 455 Å². The Balaban J connectivity index is 4.15. The van der Waals surface area contributed by atoms with E-state index >= 15 is 0 Å². The highest BCUT2D eigenvalue weighted by Crippen LogP contribution is 2.14. The SMILES string of the molecule is CC/C=C\C/C=C\C/C=C\C/C=C\C/C=C\C/C=C\C/C=C\C/C=C\CCCCCCCCCCCCC(=O)OCC(COC(=O)CCCCCCCCCC)OC(=O)CC/C=C\C/C=C\C/C=C\C/C=C\CC. The third kappa shape index (κ3) is 58.2. The average molecular weight is 1020 g/mol. The molecule has 1 unspecified atom stereocenters. The predicted molar refractivity (Wildman–Crippen MR) is 320 cm³/mol. The molecule has 1 atom stereocenters. The van der Waals surface area contributed by atoms with Gasteiger partial charge in [0.2, 0.25) is 0 Å². The van der Waals surface area contributed by atoms with Crippen molar-refractivity contribution in [2.24, 2.45) is 0 Å². The van der Waals surface area contributed by atoms with Crippen molar-refractivity contribution in [1.29, 1.82) is 0 Å². The summed E-state index contributed by atoms with van der Waals surface area (Å²) in [6.45, 7) is 6.30. The number of allylic oxidation sites excluding steroid dienone is 24. The topological polar surface area (TPSA) is 78.9 Å². The quantitative estimate of drug-likeness (QED) is 0.0261. The number of ether oxygens (including phenoxy) is 3. The van der Waals surface area contributed by atoms with E-state index in [9.17, 15) is 14.4 Å². The van der Waals surface area contributed by atoms with Crippen molar-refractivity contribution in [3.05, 3.63) is 146 Å². The zero-order valence-corrected chi connectivity index (χ0v) is 47.5. The molecule has 0 aromatic carbocycles. The minimum Gasteiger partial charge on any atom is -0.462 e. The number of rotatable bonds is 52. The molecule has 0 spiro atoms. The van der Waals surface area contributed by atoms with Gasteiger partial charge in [-0.25, -0.2) is 0 Å². The van der Waals surface area contributed by atoms with E-state index in [1.54, 1.807) is 0 Å². The minimum atomic E-state index is -0.819. The molecule has 0 aliphatic heterocycles. The maximum Gasteiger partial charge on any atom is 0.306 e. The van der Waals surface area contributed by atoms with Gasteiger partial charge in [-0.3, -0.25) is 14.4 Å². The summed E-state index contributed by atoms with van der Waals surface area (Å²) >= 11 is 0. The molecular formula is C68H108O6. The van der Waals surface area contributed by atoms with Gasteiger partial charge in [-0.15, -0.1) is 0 Å². The smallest absolute Gasteiger partial charge is 0.306 e. The van der Waals surface area contributed by atoms with Gasteiger partial charge in [-0.05, 0) is 109 Å². The zero-order valence-electron chi connectivity index (χ0n) is 47.5. The number of hydrogen-bond donors (Lipinski definition) is 0. The molecule has 0 saturated heterocycles. The number of esters is 3. The van der Waals surface area contributed by atoms with Gasteiger partial charge in [0.1, 0.15) is 13.2 Å². The average Bonchev–Trinajstić information content (AvgIpc) is 3.40. The van der Waals surface area contributed by atoms with Crippen LogP contribution < -0.4 is 0 Å². The van der Waals surface area contributed by atoms with Crippen LogP contribution in [0.25, 0.3) is 0 Å². The normalized spacial score (nSPS) is 13.2. The zero-order chi connectivity index (χ0) is 53.6. The Morgan fingerprint density at radius 3 is 0.878 bits per heavy atom. The Bertz CT molecular complexity index is 1640. The molecule has 0 aliphatic carbocycles. The molecule has 0 radical (unpaired) electrons. The van der Waals surface area contributed by atoms with Crippen molar-refractivity contribution in [1.82, 2.24) is 0 Å². The van der Waals surface area contributed by atoms with E-state index in [2.05, 4.69) is 154 Å². The molecule has 0 fully saturated rings. The fourth-order valence-corrected chi connectivity index (χ4v) is 7.71. The van der Waals surface area contributed by atoms with Gasteiger partial charge in [-0.2, -0.15) is 0 Å². The van der Waals surface area contributed by atoms with Crippen LogP contribution in [0.15, 0.2) is 146 Å². The lowest BCUT2D eigenvalue weighted by Gasteiger charge is -2.18. The lowest BCUT2D eigenvalue weighted by atomic mass is 10.1. The van der Waals surface area contributed by atoms with Crippen molar-refractivity contribution < 1.29 is 28.6 Å². The summed E-state index contributed by atoms with van der Waals surface area (Å²) in [7, 11) is 0. The number of hydrogen-bond acceptors (Lipinski definition) is 6. The molecular weight excluding hydrogens is 913 g/mol. The molecule has 416 valence electrons. The van der Waals surface area contributed by atoms with Crippen LogP contribution in [0.4, 0.5) is 0 Å². The van der Waals surface area contributed by atoms with E-state index in [-0.39, 0.29) is 31.6 Å². The van der Waals surface area contributed by atoms with Crippen molar-refractivity contribution >= 4 is 17.9 Å². The first-order valence-corrected chi connectivity index (χ1v) is 29.8. The first-order valence-electron chi connectivity index (χ1n) is 29.8. The highest BCUT2D eigenvalue weighted by atomic mass is 16.6. The first kappa shape index (κ1) is 69.3. The van der Waals surface area contributed by atoms with Crippen LogP contribution in [0.3, 0.4) is 0 Å². The van der Waals surface area contributed by atoms with Gasteiger partial charge >= 0.3 is 17.9 Å². The molecule has 0 aliphatic rings. The second-order valence-electron chi connectivity index (χ2n) is 19.1. The predicted octanol–water partition coefficient (Wildman–Crippen LogP) is 20.4. The van der Waals surface area contributed by atoms with E-state index < -0.39 is 12.1 Å². The van der Waals surface area contributed by atoms with Crippen LogP contribution in [-0.4, -0.2) is 37.2 Å². The molecule has 0 heterocycles. The minimum absolute atomic E-state index is 0.110. The summed E-state index contributed by atoms with van der Waals surface area (Å²) in [4.78, 5) is 37.9. The van der Waals surface area contributed by atoms with Crippen LogP contribution in [0.5, 0.6) is 0 Å². The Morgan fingerprint density at radius 1 is 0.284 bits per heavy atom. The van der Waals surface area contributed by atoms with E-state index in [1.165, 1.54) is 77.0 Å². The molecule has 0 saturated carbocycles. The standard InChI is InChI=1S/C68H108O6/c1-4-7-10-13-16-19-21-23-24-25-26-27-28-29-30-31-32-33-34-35-36-37-38-39-40-41-42-43-44-46-47-49-52-55-58-61-67(70)73-64-65(63-72-66(69)60-57-54-51-18-15-12-9-6-3)74-68(71)62-59-56-53-50-48-45-22-20-17-14-11-8-5-2/h7-8,10-11,16-17,19-20,23-24,26-27,29-30,32-33,35-36,38-39,45,48,53,56,65H,4-6,9,12-15,18,21-22,25,28,31,34,37,40-44,46-47,49-52,54-55,57-64H2,1-3H3/b10-7-,11-8-,19-16-,20-17-,24-23-,27-26-,30-29-,33-32-,36-35-,39-38-,48-45-,56-53-. The second kappa shape index (κ2) is 60.8. The molecule has 0 rings (SSSR count). The maximum atomic E-state index is 12.7. The summed E-state index contributed by atoms with van der Waals surface area (Å²) in [6.07, 6.45) is 87.5. The third-order valence-corrected chi connectivity index (χ3v) is 12.1. The Kier molecular flexibility index (Phi) is 57.0. The van der Waals surface area contributed by atoms with Gasteiger partial charge in [0.05, 0.1) is 0 Å². The lowest BCUT2D eigenvalue weighted by molar-refractivity contribution is -0.166. The molecule has 0 N–H and O–H groups in total. The Hall–Kier alpha value is -4.71. The van der Waals surface area contributed by atoms with E-state index in [1.807, 2.05) is 12.2 Å². The molecule has 74 heavy (non-hydrogen) atoms. The summed E-state index contributed by atoms with van der Waals surface area (Å²) in [5, 5.41) is 0. The van der Waals surface area contributed by atoms with Gasteiger partial charge < -0.3 is 14.2 Å². The first-order chi connectivity index (χ1) is 36.5. The Morgan fingerprint density at radius 2 is 0.554 bits per heavy atom. The van der Waals surface area contributed by atoms with Crippen LogP contribution in [0.1, 0.15) is 245 Å². The summed E-state index contributed by atoms with van der Waals surface area (Å²) in [6, 6.07) is 0. The van der Waals surface area contributed by atoms with Gasteiger partial charge in [-0.1, -0.05) is 263 Å². The van der Waals surface area contributed by atoms with Gasteiger partial charge in [0.15, 0.2) is 6.10 Å². The molecule has 0 bridgehead atoms. The van der Waals surface area contributed by atoms with Crippen molar-refractivity contribution in [3.8, 4) is 0 Å². The fourth-order valence-electron chi connectivity index (χ4n) is 7.71. The van der Waals surface area contributed by atoms with Crippen LogP contribution in [0, 0.1) is 0 Å². The highest BCUT2D eigenvalue weighted by Gasteiger charge is 2.19. The van der Waals surface area contributed by atoms with Crippen LogP contribution in [0.2, 0.25) is 0 Å². The summed E-state index contributed by atoms with van der Waals surface area (Å²) < 4.78 is 16.7. The van der Waals surface area contributed by atoms with Gasteiger partial charge in [0.25, 0.3) is 0 Å². The molecule has 6 nitrogen and oxygen atoms in total. The lowest BCUT2D eigenvalue weighted by Crippen LogP contribution is -2.30. The van der Waals surface area contributed by atoms with Crippen molar-refractivity contribution in [2.75, 3.05) is 13.2 Å². The van der Waals surface area contributed by atoms with E-state index in [0.29, 0.717) is 19.3 Å². The van der Waals surface area contributed by atoms with Gasteiger partial charge in [0, 0.05) is 19.3 Å². The van der Waals surface area contributed by atoms with E-state index in [0.717, 1.165) is 122 Å². The monoisotopic (exact) mass is 1020 g/mol. The van der Waals surface area contributed by atoms with Crippen LogP contribution >= 0.6 is 0 Å². The fraction of sp³-hybridized carbons (Fsp3) is 0.603. The summed E-state index contributed by atoms with van der Waals surface area (Å²) in [5.41, 5.74) is 0. The maximum absolute atomic E-state index is 12.7. The molecule has 6 heteroatoms. The summed E-state index contributed by atoms with van der Waals surface area (Å²) in [5.74, 6) is -1.01.